The summed E-state index contributed by atoms with van der Waals surface area (Å²) < 4.78 is 1.58. The molecule has 1 aromatic carbocycles. The molecule has 0 aliphatic carbocycles. The van der Waals surface area contributed by atoms with Gasteiger partial charge in [0.25, 0.3) is 5.91 Å². The molecular formula is C17H18Cl3N3OS2. The number of thiophene rings is 1. The van der Waals surface area contributed by atoms with Crippen LogP contribution in [0.4, 0.5) is 5.13 Å². The predicted octanol–water partition coefficient (Wildman–Crippen LogP) is 5.60. The fourth-order valence-corrected chi connectivity index (χ4v) is 4.84. The van der Waals surface area contributed by atoms with Crippen LogP contribution in [0.1, 0.15) is 15.2 Å². The summed E-state index contributed by atoms with van der Waals surface area (Å²) in [6.07, 6.45) is 0. The summed E-state index contributed by atoms with van der Waals surface area (Å²) in [5, 5.41) is 1.35. The Morgan fingerprint density at radius 1 is 1.15 bits per heavy atom. The number of likely N-dealkylation sites (N-methyl/N-ethyl adjacent to an activating group) is 1. The zero-order valence-electron chi connectivity index (χ0n) is 14.5. The first-order valence-electron chi connectivity index (χ1n) is 7.64. The lowest BCUT2D eigenvalue weighted by Crippen LogP contribution is -2.36. The minimum absolute atomic E-state index is 0. The highest BCUT2D eigenvalue weighted by molar-refractivity contribution is 7.22. The van der Waals surface area contributed by atoms with Crippen molar-refractivity contribution < 1.29 is 4.79 Å². The van der Waals surface area contributed by atoms with Crippen molar-refractivity contribution in [2.45, 2.75) is 6.92 Å². The van der Waals surface area contributed by atoms with E-state index in [1.807, 2.05) is 38.1 Å². The standard InChI is InChI=1S/C17H17Cl2N3OS2.ClH/c1-10-8-11(18)9-13-15(10)20-17(25-13)22(7-6-21(2)3)16(23)12-4-5-14(19)24-12;/h4-5,8-9H,6-7H2,1-3H3;1H. The minimum Gasteiger partial charge on any atom is -0.308 e. The summed E-state index contributed by atoms with van der Waals surface area (Å²) in [6, 6.07) is 7.28. The third-order valence-corrected chi connectivity index (χ3v) is 6.13. The number of amides is 1. The summed E-state index contributed by atoms with van der Waals surface area (Å²) in [5.74, 6) is -0.0819. The smallest absolute Gasteiger partial charge is 0.270 e. The van der Waals surface area contributed by atoms with E-state index in [4.69, 9.17) is 28.2 Å². The van der Waals surface area contributed by atoms with Gasteiger partial charge in [-0.2, -0.15) is 0 Å². The second-order valence-electron chi connectivity index (χ2n) is 5.93. The largest absolute Gasteiger partial charge is 0.308 e. The number of carbonyl (C=O) groups excluding carboxylic acids is 1. The van der Waals surface area contributed by atoms with Gasteiger partial charge in [-0.3, -0.25) is 9.69 Å². The second kappa shape index (κ2) is 8.87. The number of aromatic nitrogens is 1. The maximum absolute atomic E-state index is 13.0. The molecule has 0 aliphatic rings. The van der Waals surface area contributed by atoms with Crippen LogP contribution in [0.25, 0.3) is 10.2 Å². The van der Waals surface area contributed by atoms with Gasteiger partial charge in [0.2, 0.25) is 0 Å². The normalized spacial score (nSPS) is 11.0. The third-order valence-electron chi connectivity index (χ3n) is 3.67. The molecule has 1 amide bonds. The maximum Gasteiger partial charge on any atom is 0.270 e. The molecule has 0 fully saturated rings. The Balaban J connectivity index is 0.00000243. The maximum atomic E-state index is 13.0. The number of carbonyl (C=O) groups is 1. The fraction of sp³-hybridized carbons (Fsp3) is 0.294. The van der Waals surface area contributed by atoms with E-state index in [1.54, 1.807) is 17.0 Å². The van der Waals surface area contributed by atoms with Gasteiger partial charge in [-0.05, 0) is 50.8 Å². The highest BCUT2D eigenvalue weighted by Gasteiger charge is 2.23. The first-order chi connectivity index (χ1) is 11.8. The van der Waals surface area contributed by atoms with Crippen LogP contribution in [0, 0.1) is 6.92 Å². The SMILES string of the molecule is Cc1cc(Cl)cc2sc(N(CCN(C)C)C(=O)c3ccc(Cl)s3)nc12.Cl. The number of hydrogen-bond donors (Lipinski definition) is 0. The molecule has 0 unspecified atom stereocenters. The van der Waals surface area contributed by atoms with E-state index < -0.39 is 0 Å². The number of thiazole rings is 1. The number of benzene rings is 1. The van der Waals surface area contributed by atoms with Crippen molar-refractivity contribution in [3.63, 3.8) is 0 Å². The number of fused-ring (bicyclic) bond motifs is 1. The van der Waals surface area contributed by atoms with Crippen LogP contribution in [-0.2, 0) is 0 Å². The van der Waals surface area contributed by atoms with Crippen LogP contribution >= 0.6 is 58.3 Å². The first-order valence-corrected chi connectivity index (χ1v) is 10.0. The van der Waals surface area contributed by atoms with Crippen molar-refractivity contribution in [3.05, 3.63) is 44.1 Å². The van der Waals surface area contributed by atoms with Crippen molar-refractivity contribution in [2.75, 3.05) is 32.1 Å². The molecule has 2 heterocycles. The quantitative estimate of drug-likeness (QED) is 0.507. The zero-order valence-corrected chi connectivity index (χ0v) is 18.4. The van der Waals surface area contributed by atoms with Gasteiger partial charge in [0, 0.05) is 18.1 Å². The Bertz CT molecular complexity index is 923. The summed E-state index contributed by atoms with van der Waals surface area (Å²) in [6.45, 7) is 3.26. The highest BCUT2D eigenvalue weighted by Crippen LogP contribution is 2.34. The molecule has 2 aromatic heterocycles. The monoisotopic (exact) mass is 449 g/mol. The van der Waals surface area contributed by atoms with Gasteiger partial charge in [0.15, 0.2) is 5.13 Å². The van der Waals surface area contributed by atoms with Crippen molar-refractivity contribution in [1.82, 2.24) is 9.88 Å². The lowest BCUT2D eigenvalue weighted by molar-refractivity contribution is 0.0989. The predicted molar refractivity (Wildman–Crippen MR) is 116 cm³/mol. The highest BCUT2D eigenvalue weighted by atomic mass is 35.5. The molecule has 0 spiro atoms. The summed E-state index contributed by atoms with van der Waals surface area (Å²) in [5.41, 5.74) is 1.89. The third kappa shape index (κ3) is 4.68. The van der Waals surface area contributed by atoms with E-state index in [-0.39, 0.29) is 18.3 Å². The molecule has 0 N–H and O–H groups in total. The summed E-state index contributed by atoms with van der Waals surface area (Å²) in [4.78, 5) is 22.1. The zero-order chi connectivity index (χ0) is 18.1. The molecule has 26 heavy (non-hydrogen) atoms. The number of nitrogens with zero attached hydrogens (tertiary/aromatic N) is 3. The van der Waals surface area contributed by atoms with Crippen LogP contribution < -0.4 is 4.90 Å². The number of hydrogen-bond acceptors (Lipinski definition) is 5. The van der Waals surface area contributed by atoms with Gasteiger partial charge in [-0.15, -0.1) is 23.7 Å². The van der Waals surface area contributed by atoms with Crippen molar-refractivity contribution in [2.24, 2.45) is 0 Å². The Morgan fingerprint density at radius 2 is 1.88 bits per heavy atom. The van der Waals surface area contributed by atoms with E-state index in [9.17, 15) is 4.79 Å². The molecular weight excluding hydrogens is 433 g/mol. The van der Waals surface area contributed by atoms with Gasteiger partial charge in [-0.1, -0.05) is 34.5 Å². The van der Waals surface area contributed by atoms with Gasteiger partial charge < -0.3 is 4.90 Å². The van der Waals surface area contributed by atoms with Crippen LogP contribution in [0.3, 0.4) is 0 Å². The van der Waals surface area contributed by atoms with Crippen LogP contribution in [-0.4, -0.2) is 43.0 Å². The summed E-state index contributed by atoms with van der Waals surface area (Å²) >= 11 is 14.9. The Morgan fingerprint density at radius 3 is 2.50 bits per heavy atom. The topological polar surface area (TPSA) is 36.4 Å². The van der Waals surface area contributed by atoms with E-state index in [0.717, 1.165) is 22.3 Å². The molecule has 0 aliphatic heterocycles. The Kier molecular flexibility index (Phi) is 7.30. The molecule has 3 aromatic rings. The number of rotatable bonds is 5. The van der Waals surface area contributed by atoms with E-state index in [0.29, 0.717) is 25.9 Å². The minimum atomic E-state index is -0.0819. The number of aryl methyl sites for hydroxylation is 1. The molecule has 140 valence electrons. The van der Waals surface area contributed by atoms with Crippen molar-refractivity contribution >= 4 is 79.5 Å². The lowest BCUT2D eigenvalue weighted by atomic mass is 10.2. The van der Waals surface area contributed by atoms with Crippen molar-refractivity contribution in [1.29, 1.82) is 0 Å². The Hall–Kier alpha value is -0.890. The molecule has 4 nitrogen and oxygen atoms in total. The molecule has 0 saturated carbocycles. The molecule has 0 bridgehead atoms. The van der Waals surface area contributed by atoms with Crippen LogP contribution in [0.5, 0.6) is 0 Å². The first kappa shape index (κ1) is 21.4. The van der Waals surface area contributed by atoms with E-state index in [1.165, 1.54) is 22.7 Å². The molecule has 3 rings (SSSR count). The second-order valence-corrected chi connectivity index (χ2v) is 9.09. The van der Waals surface area contributed by atoms with E-state index >= 15 is 0 Å². The average Bonchev–Trinajstić information content (AvgIpc) is 3.13. The van der Waals surface area contributed by atoms with Crippen LogP contribution in [0.2, 0.25) is 9.36 Å². The number of anilines is 1. The van der Waals surface area contributed by atoms with Gasteiger partial charge in [0.05, 0.1) is 19.4 Å². The van der Waals surface area contributed by atoms with Crippen LogP contribution in [0.15, 0.2) is 24.3 Å². The molecule has 9 heteroatoms. The molecule has 0 saturated heterocycles. The summed E-state index contributed by atoms with van der Waals surface area (Å²) in [7, 11) is 3.96. The number of halogens is 3. The van der Waals surface area contributed by atoms with Crippen molar-refractivity contribution in [3.8, 4) is 0 Å². The Labute approximate surface area is 176 Å². The molecule has 0 radical (unpaired) electrons. The average molecular weight is 451 g/mol. The van der Waals surface area contributed by atoms with E-state index in [2.05, 4.69) is 0 Å². The molecule has 0 atom stereocenters. The lowest BCUT2D eigenvalue weighted by Gasteiger charge is -2.21. The fourth-order valence-electron chi connectivity index (χ4n) is 2.40. The van der Waals surface area contributed by atoms with Gasteiger partial charge in [-0.25, -0.2) is 4.98 Å². The van der Waals surface area contributed by atoms with Gasteiger partial charge in [0.1, 0.15) is 0 Å². The van der Waals surface area contributed by atoms with Gasteiger partial charge >= 0.3 is 0 Å².